The molecule has 5 aromatic rings. The predicted molar refractivity (Wildman–Crippen MR) is 125 cm³/mol. The Hall–Kier alpha value is -4.05. The van der Waals surface area contributed by atoms with Gasteiger partial charge in [0.25, 0.3) is 0 Å². The maximum absolute atomic E-state index is 13.1. The molecule has 34 heavy (non-hydrogen) atoms. The van der Waals surface area contributed by atoms with E-state index in [0.717, 1.165) is 17.7 Å². The predicted octanol–water partition coefficient (Wildman–Crippen LogP) is 6.59. The summed E-state index contributed by atoms with van der Waals surface area (Å²) < 4.78 is 44.7. The number of hydrogen-bond acceptors (Lipinski definition) is 7. The van der Waals surface area contributed by atoms with E-state index in [1.54, 1.807) is 43.1 Å². The highest BCUT2D eigenvalue weighted by Gasteiger charge is 2.30. The molecule has 2 aromatic carbocycles. The van der Waals surface area contributed by atoms with Gasteiger partial charge in [-0.2, -0.15) is 13.2 Å². The van der Waals surface area contributed by atoms with Crippen LogP contribution in [-0.4, -0.2) is 27.0 Å². The van der Waals surface area contributed by atoms with Crippen LogP contribution in [0.2, 0.25) is 0 Å². The third-order valence-electron chi connectivity index (χ3n) is 5.04. The standard InChI is InChI=1S/C24H16F3N5OS/c1-33-17-7-8-19-18(11-17)22(31-21(29-19)15-5-3-9-28-12-15)32-23-30-20(13-34-23)14-4-2-6-16(10-14)24(25,26)27/h2-13H,1H3,(H,29,30,31,32). The van der Waals surface area contributed by atoms with Gasteiger partial charge in [0.1, 0.15) is 11.6 Å². The molecule has 0 aliphatic carbocycles. The summed E-state index contributed by atoms with van der Waals surface area (Å²) in [6, 6.07) is 14.2. The van der Waals surface area contributed by atoms with Crippen LogP contribution in [0, 0.1) is 0 Å². The Balaban J connectivity index is 1.54. The summed E-state index contributed by atoms with van der Waals surface area (Å²) in [7, 11) is 1.57. The zero-order chi connectivity index (χ0) is 23.7. The number of alkyl halides is 3. The lowest BCUT2D eigenvalue weighted by Crippen LogP contribution is -2.04. The number of benzene rings is 2. The number of fused-ring (bicyclic) bond motifs is 1. The number of anilines is 2. The SMILES string of the molecule is COc1ccc2nc(-c3cccnc3)nc(Nc3nc(-c4cccc(C(F)(F)F)c4)cs3)c2c1. The number of rotatable bonds is 5. The summed E-state index contributed by atoms with van der Waals surface area (Å²) in [6.07, 6.45) is -1.09. The number of halogens is 3. The minimum absolute atomic E-state index is 0.379. The highest BCUT2D eigenvalue weighted by atomic mass is 32.1. The highest BCUT2D eigenvalue weighted by Crippen LogP contribution is 2.35. The summed E-state index contributed by atoms with van der Waals surface area (Å²) >= 11 is 1.27. The molecule has 0 unspecified atom stereocenters. The van der Waals surface area contributed by atoms with Crippen LogP contribution in [0.15, 0.2) is 72.4 Å². The first kappa shape index (κ1) is 21.8. The molecule has 0 saturated carbocycles. The molecule has 0 spiro atoms. The molecule has 3 aromatic heterocycles. The van der Waals surface area contributed by atoms with Crippen LogP contribution < -0.4 is 10.1 Å². The average molecular weight is 479 g/mol. The average Bonchev–Trinajstić information content (AvgIpc) is 3.32. The van der Waals surface area contributed by atoms with Gasteiger partial charge in [-0.05, 0) is 42.5 Å². The second kappa shape index (κ2) is 8.71. The lowest BCUT2D eigenvalue weighted by atomic mass is 10.1. The summed E-state index contributed by atoms with van der Waals surface area (Å²) in [5.41, 5.74) is 1.52. The number of ether oxygens (including phenoxy) is 1. The molecule has 3 heterocycles. The molecule has 0 radical (unpaired) electrons. The second-order valence-corrected chi connectivity index (χ2v) is 8.12. The van der Waals surface area contributed by atoms with Gasteiger partial charge in [0, 0.05) is 34.3 Å². The Morgan fingerprint density at radius 2 is 1.79 bits per heavy atom. The Morgan fingerprint density at radius 3 is 2.56 bits per heavy atom. The largest absolute Gasteiger partial charge is 0.497 e. The lowest BCUT2D eigenvalue weighted by Gasteiger charge is -2.10. The summed E-state index contributed by atoms with van der Waals surface area (Å²) in [5, 5.41) is 6.09. The van der Waals surface area contributed by atoms with Crippen LogP contribution in [0.4, 0.5) is 24.1 Å². The quantitative estimate of drug-likeness (QED) is 0.307. The van der Waals surface area contributed by atoms with Crippen molar-refractivity contribution in [3.8, 4) is 28.4 Å². The Kier molecular flexibility index (Phi) is 5.58. The first-order valence-corrected chi connectivity index (χ1v) is 10.9. The first-order valence-electron chi connectivity index (χ1n) is 10.1. The topological polar surface area (TPSA) is 72.8 Å². The Bertz CT molecular complexity index is 1470. The van der Waals surface area contributed by atoms with E-state index in [1.807, 2.05) is 18.2 Å². The molecule has 5 rings (SSSR count). The number of nitrogens with zero attached hydrogens (tertiary/aromatic N) is 4. The molecule has 6 nitrogen and oxygen atoms in total. The first-order chi connectivity index (χ1) is 16.4. The van der Waals surface area contributed by atoms with Gasteiger partial charge in [-0.25, -0.2) is 15.0 Å². The highest BCUT2D eigenvalue weighted by molar-refractivity contribution is 7.14. The number of aromatic nitrogens is 4. The molecule has 1 N–H and O–H groups in total. The molecule has 0 aliphatic rings. The van der Waals surface area contributed by atoms with Crippen molar-refractivity contribution in [2.45, 2.75) is 6.18 Å². The van der Waals surface area contributed by atoms with E-state index >= 15 is 0 Å². The van der Waals surface area contributed by atoms with E-state index in [1.165, 1.54) is 17.4 Å². The molecule has 0 atom stereocenters. The lowest BCUT2D eigenvalue weighted by molar-refractivity contribution is -0.137. The molecule has 0 amide bonds. The summed E-state index contributed by atoms with van der Waals surface area (Å²) in [5.74, 6) is 1.60. The molecular weight excluding hydrogens is 463 g/mol. The third kappa shape index (κ3) is 4.40. The number of thiazole rings is 1. The van der Waals surface area contributed by atoms with E-state index in [9.17, 15) is 13.2 Å². The number of nitrogens with one attached hydrogen (secondary N) is 1. The van der Waals surface area contributed by atoms with E-state index in [2.05, 4.69) is 25.3 Å². The van der Waals surface area contributed by atoms with Gasteiger partial charge >= 0.3 is 6.18 Å². The molecular formula is C24H16F3N5OS. The molecule has 0 aliphatic heterocycles. The van der Waals surface area contributed by atoms with Gasteiger partial charge in [0.15, 0.2) is 11.0 Å². The minimum atomic E-state index is -4.42. The van der Waals surface area contributed by atoms with Crippen molar-refractivity contribution in [2.24, 2.45) is 0 Å². The van der Waals surface area contributed by atoms with Crippen molar-refractivity contribution < 1.29 is 17.9 Å². The molecule has 10 heteroatoms. The fourth-order valence-electron chi connectivity index (χ4n) is 3.37. The van der Waals surface area contributed by atoms with Crippen molar-refractivity contribution in [1.82, 2.24) is 19.9 Å². The third-order valence-corrected chi connectivity index (χ3v) is 5.80. The van der Waals surface area contributed by atoms with E-state index in [0.29, 0.717) is 44.7 Å². The normalized spacial score (nSPS) is 11.5. The van der Waals surface area contributed by atoms with Gasteiger partial charge in [-0.3, -0.25) is 4.98 Å². The number of hydrogen-bond donors (Lipinski definition) is 1. The molecule has 0 saturated heterocycles. The Labute approximate surface area is 196 Å². The van der Waals surface area contributed by atoms with E-state index in [4.69, 9.17) is 4.74 Å². The van der Waals surface area contributed by atoms with Crippen LogP contribution >= 0.6 is 11.3 Å². The zero-order valence-corrected chi connectivity index (χ0v) is 18.5. The zero-order valence-electron chi connectivity index (χ0n) is 17.7. The monoisotopic (exact) mass is 479 g/mol. The maximum Gasteiger partial charge on any atom is 0.416 e. The number of pyridine rings is 1. The van der Waals surface area contributed by atoms with Crippen molar-refractivity contribution in [3.63, 3.8) is 0 Å². The van der Waals surface area contributed by atoms with Crippen LogP contribution in [0.1, 0.15) is 5.56 Å². The minimum Gasteiger partial charge on any atom is -0.497 e. The summed E-state index contributed by atoms with van der Waals surface area (Å²) in [4.78, 5) is 17.9. The summed E-state index contributed by atoms with van der Waals surface area (Å²) in [6.45, 7) is 0. The fourth-order valence-corrected chi connectivity index (χ4v) is 4.09. The van der Waals surface area contributed by atoms with Crippen molar-refractivity contribution >= 4 is 33.2 Å². The van der Waals surface area contributed by atoms with Crippen LogP contribution in [-0.2, 0) is 6.18 Å². The maximum atomic E-state index is 13.1. The smallest absolute Gasteiger partial charge is 0.416 e. The van der Waals surface area contributed by atoms with Gasteiger partial charge in [0.2, 0.25) is 0 Å². The van der Waals surface area contributed by atoms with Crippen molar-refractivity contribution in [1.29, 1.82) is 0 Å². The second-order valence-electron chi connectivity index (χ2n) is 7.26. The van der Waals surface area contributed by atoms with Crippen molar-refractivity contribution in [3.05, 3.63) is 77.9 Å². The van der Waals surface area contributed by atoms with Crippen LogP contribution in [0.25, 0.3) is 33.5 Å². The van der Waals surface area contributed by atoms with E-state index in [-0.39, 0.29) is 0 Å². The molecule has 0 fully saturated rings. The van der Waals surface area contributed by atoms with Crippen LogP contribution in [0.3, 0.4) is 0 Å². The van der Waals surface area contributed by atoms with Gasteiger partial charge in [0.05, 0.1) is 23.9 Å². The van der Waals surface area contributed by atoms with Gasteiger partial charge < -0.3 is 10.1 Å². The van der Waals surface area contributed by atoms with Gasteiger partial charge in [-0.1, -0.05) is 12.1 Å². The molecule has 0 bridgehead atoms. The van der Waals surface area contributed by atoms with E-state index < -0.39 is 11.7 Å². The number of methoxy groups -OCH3 is 1. The fraction of sp³-hybridized carbons (Fsp3) is 0.0833. The van der Waals surface area contributed by atoms with Crippen LogP contribution in [0.5, 0.6) is 5.75 Å². The molecule has 170 valence electrons. The Morgan fingerprint density at radius 1 is 0.941 bits per heavy atom. The van der Waals surface area contributed by atoms with Gasteiger partial charge in [-0.15, -0.1) is 11.3 Å². The van der Waals surface area contributed by atoms with Crippen molar-refractivity contribution in [2.75, 3.05) is 12.4 Å².